The first-order chi connectivity index (χ1) is 14.1. The Morgan fingerprint density at radius 1 is 1.03 bits per heavy atom. The van der Waals surface area contributed by atoms with Crippen LogP contribution < -0.4 is 20.1 Å². The first-order valence-electron chi connectivity index (χ1n) is 9.14. The van der Waals surface area contributed by atoms with E-state index in [4.69, 9.17) is 9.47 Å². The zero-order valence-electron chi connectivity index (χ0n) is 16.5. The van der Waals surface area contributed by atoms with E-state index in [0.29, 0.717) is 31.0 Å². The summed E-state index contributed by atoms with van der Waals surface area (Å²) in [5.74, 6) is 0.900. The van der Waals surface area contributed by atoms with Gasteiger partial charge in [0.1, 0.15) is 11.6 Å². The fraction of sp³-hybridized carbons (Fsp3) is 0.273. The van der Waals surface area contributed by atoms with Crippen LogP contribution in [-0.4, -0.2) is 33.2 Å². The van der Waals surface area contributed by atoms with Gasteiger partial charge in [-0.1, -0.05) is 34.1 Å². The lowest BCUT2D eigenvalue weighted by molar-refractivity contribution is -0.117. The van der Waals surface area contributed by atoms with E-state index in [-0.39, 0.29) is 5.57 Å². The fourth-order valence-electron chi connectivity index (χ4n) is 2.64. The molecule has 2 aromatic carbocycles. The summed E-state index contributed by atoms with van der Waals surface area (Å²) in [5.41, 5.74) is 2.22. The number of hydrogen-bond acceptors (Lipinski definition) is 5. The summed E-state index contributed by atoms with van der Waals surface area (Å²) >= 11 is 3.40. The molecule has 29 heavy (non-hydrogen) atoms. The Hall–Kier alpha value is -2.98. The minimum Gasteiger partial charge on any atom is -0.493 e. The van der Waals surface area contributed by atoms with E-state index < -0.39 is 5.91 Å². The first-order valence-corrected chi connectivity index (χ1v) is 9.94. The Morgan fingerprint density at radius 3 is 2.34 bits per heavy atom. The standard InChI is InChI=1S/C22H24BrN3O3/c1-28-20-8-5-17(13-21(20)29-2)10-12-26-22(27)18(14-24)15-25-11-9-16-3-6-19(23)7-4-16/h3-8,13,15,25H,9-12H2,1-2H3,(H,26,27)/b18-15-. The van der Waals surface area contributed by atoms with Crippen molar-refractivity contribution in [2.45, 2.75) is 12.8 Å². The van der Waals surface area contributed by atoms with Gasteiger partial charge < -0.3 is 20.1 Å². The van der Waals surface area contributed by atoms with Crippen LogP contribution in [0.5, 0.6) is 11.5 Å². The van der Waals surface area contributed by atoms with Crippen molar-refractivity contribution < 1.29 is 14.3 Å². The molecule has 0 aliphatic rings. The van der Waals surface area contributed by atoms with E-state index in [2.05, 4.69) is 26.6 Å². The maximum atomic E-state index is 12.2. The highest BCUT2D eigenvalue weighted by molar-refractivity contribution is 9.10. The molecule has 0 aliphatic carbocycles. The van der Waals surface area contributed by atoms with Crippen molar-refractivity contribution in [2.24, 2.45) is 0 Å². The quantitative estimate of drug-likeness (QED) is 0.324. The number of nitriles is 1. The third-order valence-electron chi connectivity index (χ3n) is 4.23. The largest absolute Gasteiger partial charge is 0.493 e. The molecule has 0 heterocycles. The van der Waals surface area contributed by atoms with Gasteiger partial charge in [-0.2, -0.15) is 5.26 Å². The molecule has 0 bridgehead atoms. The van der Waals surface area contributed by atoms with Crippen molar-refractivity contribution >= 4 is 21.8 Å². The molecule has 0 aromatic heterocycles. The minimum absolute atomic E-state index is 0.0492. The summed E-state index contributed by atoms with van der Waals surface area (Å²) in [6, 6.07) is 15.6. The van der Waals surface area contributed by atoms with E-state index >= 15 is 0 Å². The molecule has 0 saturated carbocycles. The molecule has 0 atom stereocenters. The molecule has 0 radical (unpaired) electrons. The third-order valence-corrected chi connectivity index (χ3v) is 4.76. The molecule has 2 N–H and O–H groups in total. The molecular formula is C22H24BrN3O3. The predicted octanol–water partition coefficient (Wildman–Crippen LogP) is 3.36. The van der Waals surface area contributed by atoms with Gasteiger partial charge in [0.2, 0.25) is 0 Å². The Balaban J connectivity index is 1.79. The van der Waals surface area contributed by atoms with Gasteiger partial charge in [0.15, 0.2) is 11.5 Å². The van der Waals surface area contributed by atoms with Crippen molar-refractivity contribution in [3.8, 4) is 17.6 Å². The van der Waals surface area contributed by atoms with E-state index in [1.807, 2.05) is 48.5 Å². The zero-order valence-corrected chi connectivity index (χ0v) is 18.1. The van der Waals surface area contributed by atoms with Crippen molar-refractivity contribution in [3.05, 3.63) is 69.8 Å². The number of halogens is 1. The SMILES string of the molecule is COc1ccc(CCNC(=O)/C(C#N)=C\NCCc2ccc(Br)cc2)cc1OC. The molecule has 152 valence electrons. The normalized spacial score (nSPS) is 10.8. The molecule has 2 rings (SSSR count). The van der Waals surface area contributed by atoms with E-state index in [0.717, 1.165) is 16.5 Å². The molecule has 0 aliphatic heterocycles. The third kappa shape index (κ3) is 7.16. The Kier molecular flexibility index (Phi) is 9.06. The monoisotopic (exact) mass is 457 g/mol. The Bertz CT molecular complexity index is 889. The van der Waals surface area contributed by atoms with Crippen LogP contribution in [0.4, 0.5) is 0 Å². The number of nitrogens with one attached hydrogen (secondary N) is 2. The van der Waals surface area contributed by atoms with Crippen LogP contribution in [0.15, 0.2) is 58.7 Å². The van der Waals surface area contributed by atoms with Crippen LogP contribution in [-0.2, 0) is 17.6 Å². The summed E-state index contributed by atoms with van der Waals surface area (Å²) in [5, 5.41) is 15.0. The molecule has 0 unspecified atom stereocenters. The molecule has 0 fully saturated rings. The summed E-state index contributed by atoms with van der Waals surface area (Å²) in [4.78, 5) is 12.2. The second-order valence-corrected chi connectivity index (χ2v) is 7.11. The maximum Gasteiger partial charge on any atom is 0.263 e. The highest BCUT2D eigenvalue weighted by Gasteiger charge is 2.09. The average Bonchev–Trinajstić information content (AvgIpc) is 2.74. The minimum atomic E-state index is -0.399. The van der Waals surface area contributed by atoms with Gasteiger partial charge in [0.05, 0.1) is 14.2 Å². The highest BCUT2D eigenvalue weighted by Crippen LogP contribution is 2.27. The number of hydrogen-bond donors (Lipinski definition) is 2. The van der Waals surface area contributed by atoms with Crippen LogP contribution >= 0.6 is 15.9 Å². The lowest BCUT2D eigenvalue weighted by Crippen LogP contribution is -2.28. The maximum absolute atomic E-state index is 12.2. The number of nitrogens with zero attached hydrogens (tertiary/aromatic N) is 1. The van der Waals surface area contributed by atoms with Crippen molar-refractivity contribution in [2.75, 3.05) is 27.3 Å². The van der Waals surface area contributed by atoms with E-state index in [1.165, 1.54) is 11.8 Å². The summed E-state index contributed by atoms with van der Waals surface area (Å²) in [6.45, 7) is 1.04. The van der Waals surface area contributed by atoms with Crippen LogP contribution in [0, 0.1) is 11.3 Å². The second-order valence-electron chi connectivity index (χ2n) is 6.20. The van der Waals surface area contributed by atoms with Gasteiger partial charge in [-0.15, -0.1) is 0 Å². The molecular weight excluding hydrogens is 434 g/mol. The summed E-state index contributed by atoms with van der Waals surface area (Å²) < 4.78 is 11.5. The predicted molar refractivity (Wildman–Crippen MR) is 116 cm³/mol. The van der Waals surface area contributed by atoms with Crippen molar-refractivity contribution in [1.82, 2.24) is 10.6 Å². The molecule has 2 aromatic rings. The number of carbonyl (C=O) groups excluding carboxylic acids is 1. The lowest BCUT2D eigenvalue weighted by Gasteiger charge is -2.10. The highest BCUT2D eigenvalue weighted by atomic mass is 79.9. The molecule has 7 heteroatoms. The molecule has 0 saturated heterocycles. The van der Waals surface area contributed by atoms with Gasteiger partial charge in [-0.05, 0) is 48.2 Å². The average molecular weight is 458 g/mol. The topological polar surface area (TPSA) is 83.4 Å². The van der Waals surface area contributed by atoms with Crippen molar-refractivity contribution in [1.29, 1.82) is 5.26 Å². The smallest absolute Gasteiger partial charge is 0.263 e. The van der Waals surface area contributed by atoms with Gasteiger partial charge in [0, 0.05) is 23.8 Å². The van der Waals surface area contributed by atoms with E-state index in [1.54, 1.807) is 14.2 Å². The lowest BCUT2D eigenvalue weighted by atomic mass is 10.1. The number of ether oxygens (including phenoxy) is 2. The summed E-state index contributed by atoms with van der Waals surface area (Å²) in [7, 11) is 3.16. The number of rotatable bonds is 10. The zero-order chi connectivity index (χ0) is 21.1. The number of methoxy groups -OCH3 is 2. The van der Waals surface area contributed by atoms with Crippen LogP contribution in [0.2, 0.25) is 0 Å². The number of amides is 1. The Morgan fingerprint density at radius 2 is 1.69 bits per heavy atom. The van der Waals surface area contributed by atoms with E-state index in [9.17, 15) is 10.1 Å². The molecule has 0 spiro atoms. The van der Waals surface area contributed by atoms with Crippen molar-refractivity contribution in [3.63, 3.8) is 0 Å². The molecule has 1 amide bonds. The van der Waals surface area contributed by atoms with Gasteiger partial charge in [0.25, 0.3) is 5.91 Å². The Labute approximate surface area is 179 Å². The molecule has 6 nitrogen and oxygen atoms in total. The number of carbonyl (C=O) groups is 1. The van der Waals surface area contributed by atoms with Gasteiger partial charge in [-0.25, -0.2) is 0 Å². The first kappa shape index (κ1) is 22.3. The number of benzene rings is 2. The fourth-order valence-corrected chi connectivity index (χ4v) is 2.91. The van der Waals surface area contributed by atoms with Crippen LogP contribution in [0.1, 0.15) is 11.1 Å². The van der Waals surface area contributed by atoms with Crippen LogP contribution in [0.25, 0.3) is 0 Å². The van der Waals surface area contributed by atoms with Crippen LogP contribution in [0.3, 0.4) is 0 Å². The summed E-state index contributed by atoms with van der Waals surface area (Å²) in [6.07, 6.45) is 2.87. The van der Waals surface area contributed by atoms with Gasteiger partial charge >= 0.3 is 0 Å². The second kappa shape index (κ2) is 11.8. The van der Waals surface area contributed by atoms with Gasteiger partial charge in [-0.3, -0.25) is 4.79 Å².